The molecule has 20 heavy (non-hydrogen) atoms. The molecular formula is C13H16ClNO4S. The van der Waals surface area contributed by atoms with Crippen molar-refractivity contribution in [3.8, 4) is 5.75 Å². The van der Waals surface area contributed by atoms with Gasteiger partial charge in [-0.15, -0.1) is 0 Å². The van der Waals surface area contributed by atoms with Crippen molar-refractivity contribution >= 4 is 25.6 Å². The number of benzene rings is 1. The van der Waals surface area contributed by atoms with Crippen LogP contribution in [0, 0.1) is 5.92 Å². The summed E-state index contributed by atoms with van der Waals surface area (Å²) in [5.74, 6) is 0.461. The normalized spacial score (nSPS) is 16.6. The summed E-state index contributed by atoms with van der Waals surface area (Å²) in [5, 5.41) is 2.85. The zero-order chi connectivity index (χ0) is 14.9. The Bertz CT molecular complexity index is 625. The lowest BCUT2D eigenvalue weighted by atomic mass is 10.1. The van der Waals surface area contributed by atoms with Crippen molar-refractivity contribution in [2.24, 2.45) is 5.92 Å². The Labute approximate surface area is 122 Å². The topological polar surface area (TPSA) is 72.5 Å². The Hall–Kier alpha value is -1.27. The number of hydrogen-bond acceptors (Lipinski definition) is 4. The van der Waals surface area contributed by atoms with E-state index < -0.39 is 9.05 Å². The first-order valence-corrected chi connectivity index (χ1v) is 8.57. The molecule has 7 heteroatoms. The maximum Gasteiger partial charge on any atom is 0.261 e. The smallest absolute Gasteiger partial charge is 0.261 e. The summed E-state index contributed by atoms with van der Waals surface area (Å²) in [6.45, 7) is 1.93. The molecule has 1 aromatic carbocycles. The summed E-state index contributed by atoms with van der Waals surface area (Å²) in [6.07, 6.45) is 2.21. The largest absolute Gasteiger partial charge is 0.496 e. The highest BCUT2D eigenvalue weighted by molar-refractivity contribution is 8.13. The summed E-state index contributed by atoms with van der Waals surface area (Å²) in [7, 11) is 2.84. The van der Waals surface area contributed by atoms with E-state index in [0.717, 1.165) is 12.8 Å². The van der Waals surface area contributed by atoms with Crippen molar-refractivity contribution in [1.82, 2.24) is 5.32 Å². The molecule has 1 amide bonds. The van der Waals surface area contributed by atoms with E-state index in [4.69, 9.17) is 15.4 Å². The number of hydrogen-bond donors (Lipinski definition) is 1. The van der Waals surface area contributed by atoms with Crippen LogP contribution < -0.4 is 10.1 Å². The van der Waals surface area contributed by atoms with Crippen molar-refractivity contribution in [3.05, 3.63) is 23.8 Å². The van der Waals surface area contributed by atoms with Gasteiger partial charge in [0.15, 0.2) is 0 Å². The molecule has 1 N–H and O–H groups in total. The summed E-state index contributed by atoms with van der Waals surface area (Å²) < 4.78 is 27.8. The first-order valence-electron chi connectivity index (χ1n) is 6.26. The molecule has 1 aromatic rings. The van der Waals surface area contributed by atoms with E-state index in [1.165, 1.54) is 25.3 Å². The van der Waals surface area contributed by atoms with Gasteiger partial charge in [-0.25, -0.2) is 8.42 Å². The summed E-state index contributed by atoms with van der Waals surface area (Å²) in [6, 6.07) is 4.02. The summed E-state index contributed by atoms with van der Waals surface area (Å²) in [4.78, 5) is 12.1. The minimum Gasteiger partial charge on any atom is -0.496 e. The van der Waals surface area contributed by atoms with Gasteiger partial charge in [-0.05, 0) is 43.9 Å². The molecule has 2 rings (SSSR count). The Morgan fingerprint density at radius 2 is 2.10 bits per heavy atom. The van der Waals surface area contributed by atoms with Gasteiger partial charge >= 0.3 is 0 Å². The Kier molecular flexibility index (Phi) is 4.25. The number of methoxy groups -OCH3 is 1. The van der Waals surface area contributed by atoms with Gasteiger partial charge in [0.2, 0.25) is 0 Å². The average molecular weight is 318 g/mol. The van der Waals surface area contributed by atoms with Crippen LogP contribution in [0.25, 0.3) is 0 Å². The fourth-order valence-electron chi connectivity index (χ4n) is 2.01. The molecule has 110 valence electrons. The van der Waals surface area contributed by atoms with E-state index in [0.29, 0.717) is 11.7 Å². The van der Waals surface area contributed by atoms with Crippen LogP contribution in [0.1, 0.15) is 30.1 Å². The van der Waals surface area contributed by atoms with Crippen LogP contribution >= 0.6 is 10.7 Å². The minimum absolute atomic E-state index is 0.0588. The lowest BCUT2D eigenvalue weighted by Crippen LogP contribution is -2.34. The Balaban J connectivity index is 2.29. The van der Waals surface area contributed by atoms with Crippen LogP contribution in [-0.2, 0) is 9.05 Å². The molecule has 1 unspecified atom stereocenters. The fourth-order valence-corrected chi connectivity index (χ4v) is 2.79. The number of ether oxygens (including phenoxy) is 1. The lowest BCUT2D eigenvalue weighted by molar-refractivity contribution is 0.0932. The molecule has 1 saturated carbocycles. The minimum atomic E-state index is -3.88. The van der Waals surface area contributed by atoms with Gasteiger partial charge in [0.1, 0.15) is 5.75 Å². The van der Waals surface area contributed by atoms with Gasteiger partial charge < -0.3 is 10.1 Å². The number of nitrogens with one attached hydrogen (secondary N) is 1. The van der Waals surface area contributed by atoms with Gasteiger partial charge in [-0.1, -0.05) is 0 Å². The number of carbonyl (C=O) groups is 1. The third kappa shape index (κ3) is 3.43. The maximum absolute atomic E-state index is 12.2. The zero-order valence-corrected chi connectivity index (χ0v) is 12.8. The molecule has 0 aliphatic heterocycles. The van der Waals surface area contributed by atoms with Crippen LogP contribution in [0.15, 0.2) is 23.1 Å². The lowest BCUT2D eigenvalue weighted by Gasteiger charge is -2.15. The molecular weight excluding hydrogens is 302 g/mol. The van der Waals surface area contributed by atoms with Crippen LogP contribution in [0.5, 0.6) is 5.75 Å². The second kappa shape index (κ2) is 5.61. The standard InChI is InChI=1S/C13H16ClNO4S/c1-8(9-3-4-9)15-13(16)11-7-10(20(14,17)18)5-6-12(11)19-2/h5-9H,3-4H2,1-2H3,(H,15,16). The van der Waals surface area contributed by atoms with E-state index in [2.05, 4.69) is 5.32 Å². The zero-order valence-electron chi connectivity index (χ0n) is 11.2. The van der Waals surface area contributed by atoms with E-state index in [-0.39, 0.29) is 22.4 Å². The number of rotatable bonds is 5. The molecule has 1 aliphatic rings. The van der Waals surface area contributed by atoms with Crippen molar-refractivity contribution < 1.29 is 17.9 Å². The van der Waals surface area contributed by atoms with Crippen molar-refractivity contribution in [3.63, 3.8) is 0 Å². The van der Waals surface area contributed by atoms with E-state index in [9.17, 15) is 13.2 Å². The average Bonchev–Trinajstić information content (AvgIpc) is 3.20. The first-order chi connectivity index (χ1) is 9.32. The molecule has 0 radical (unpaired) electrons. The summed E-state index contributed by atoms with van der Waals surface area (Å²) in [5.41, 5.74) is 0.168. The number of halogens is 1. The second-order valence-electron chi connectivity index (χ2n) is 4.90. The van der Waals surface area contributed by atoms with E-state index in [1.807, 2.05) is 6.92 Å². The van der Waals surface area contributed by atoms with Gasteiger partial charge in [0.05, 0.1) is 17.6 Å². The Morgan fingerprint density at radius 3 is 2.60 bits per heavy atom. The highest BCUT2D eigenvalue weighted by Gasteiger charge is 2.30. The predicted octanol–water partition coefficient (Wildman–Crippen LogP) is 2.15. The third-order valence-corrected chi connectivity index (χ3v) is 4.74. The molecule has 0 spiro atoms. The first kappa shape index (κ1) is 15.1. The maximum atomic E-state index is 12.2. The molecule has 0 heterocycles. The Morgan fingerprint density at radius 1 is 1.45 bits per heavy atom. The highest BCUT2D eigenvalue weighted by Crippen LogP contribution is 2.33. The van der Waals surface area contributed by atoms with Crippen LogP contribution in [0.2, 0.25) is 0 Å². The summed E-state index contributed by atoms with van der Waals surface area (Å²) >= 11 is 0. The van der Waals surface area contributed by atoms with E-state index >= 15 is 0 Å². The van der Waals surface area contributed by atoms with Crippen molar-refractivity contribution in [2.45, 2.75) is 30.7 Å². The van der Waals surface area contributed by atoms with Gasteiger partial charge in [-0.2, -0.15) is 0 Å². The quantitative estimate of drug-likeness (QED) is 0.845. The van der Waals surface area contributed by atoms with Crippen LogP contribution in [0.3, 0.4) is 0 Å². The molecule has 0 aromatic heterocycles. The second-order valence-corrected chi connectivity index (χ2v) is 7.47. The van der Waals surface area contributed by atoms with Crippen molar-refractivity contribution in [1.29, 1.82) is 0 Å². The highest BCUT2D eigenvalue weighted by atomic mass is 35.7. The number of amides is 1. The van der Waals surface area contributed by atoms with Crippen LogP contribution in [-0.4, -0.2) is 27.5 Å². The van der Waals surface area contributed by atoms with Crippen LogP contribution in [0.4, 0.5) is 0 Å². The molecule has 1 aliphatic carbocycles. The SMILES string of the molecule is COc1ccc(S(=O)(=O)Cl)cc1C(=O)NC(C)C1CC1. The molecule has 0 bridgehead atoms. The van der Waals surface area contributed by atoms with E-state index in [1.54, 1.807) is 0 Å². The van der Waals surface area contributed by atoms with Gasteiger partial charge in [-0.3, -0.25) is 4.79 Å². The number of carbonyl (C=O) groups excluding carboxylic acids is 1. The van der Waals surface area contributed by atoms with Gasteiger partial charge in [0.25, 0.3) is 15.0 Å². The molecule has 1 atom stereocenters. The fraction of sp³-hybridized carbons (Fsp3) is 0.462. The molecule has 0 saturated heterocycles. The third-order valence-electron chi connectivity index (χ3n) is 3.38. The molecule has 1 fully saturated rings. The van der Waals surface area contributed by atoms with Crippen molar-refractivity contribution in [2.75, 3.05) is 7.11 Å². The molecule has 5 nitrogen and oxygen atoms in total. The van der Waals surface area contributed by atoms with Gasteiger partial charge in [0, 0.05) is 16.7 Å². The predicted molar refractivity (Wildman–Crippen MR) is 75.7 cm³/mol. The monoisotopic (exact) mass is 317 g/mol.